The first-order valence-electron chi connectivity index (χ1n) is 9.75. The van der Waals surface area contributed by atoms with E-state index in [1.807, 2.05) is 18.2 Å². The lowest BCUT2D eigenvalue weighted by Crippen LogP contribution is -2.52. The Labute approximate surface area is 164 Å². The van der Waals surface area contributed by atoms with Crippen LogP contribution in [0.25, 0.3) is 0 Å². The molecule has 2 saturated heterocycles. The molecule has 0 bridgehead atoms. The molecule has 0 radical (unpaired) electrons. The number of imide groups is 1. The molecular weight excluding hydrogens is 360 g/mol. The lowest BCUT2D eigenvalue weighted by atomic mass is 10.0. The quantitative estimate of drug-likeness (QED) is 0.591. The Bertz CT molecular complexity index is 803. The number of fused-ring (bicyclic) bond motifs is 1. The maximum atomic E-state index is 12.9. The average molecular weight is 386 g/mol. The van der Waals surface area contributed by atoms with Crippen LogP contribution in [0.5, 0.6) is 0 Å². The Morgan fingerprint density at radius 3 is 2.89 bits per heavy atom. The van der Waals surface area contributed by atoms with Gasteiger partial charge in [-0.05, 0) is 36.6 Å². The zero-order chi connectivity index (χ0) is 19.7. The van der Waals surface area contributed by atoms with Crippen LogP contribution in [0.2, 0.25) is 0 Å². The van der Waals surface area contributed by atoms with Gasteiger partial charge in [0.05, 0.1) is 5.60 Å². The molecule has 0 aliphatic carbocycles. The monoisotopic (exact) mass is 386 g/mol. The number of benzene rings is 1. The van der Waals surface area contributed by atoms with E-state index in [9.17, 15) is 14.4 Å². The molecule has 150 valence electrons. The molecule has 28 heavy (non-hydrogen) atoms. The maximum absolute atomic E-state index is 12.9. The van der Waals surface area contributed by atoms with E-state index >= 15 is 0 Å². The summed E-state index contributed by atoms with van der Waals surface area (Å²) in [5, 5.41) is 9.14. The SMILES string of the molecule is COC1(CNCc2cccc3c2CN(C2CCC(=O)NC2=O)C3=O)CCNC1. The summed E-state index contributed by atoms with van der Waals surface area (Å²) >= 11 is 0. The predicted octanol–water partition coefficient (Wildman–Crippen LogP) is -0.0843. The number of amides is 3. The van der Waals surface area contributed by atoms with Crippen molar-refractivity contribution < 1.29 is 19.1 Å². The molecule has 0 spiro atoms. The molecule has 3 amide bonds. The van der Waals surface area contributed by atoms with Crippen LogP contribution in [0, 0.1) is 0 Å². The summed E-state index contributed by atoms with van der Waals surface area (Å²) in [7, 11) is 1.74. The van der Waals surface area contributed by atoms with Crippen LogP contribution in [0.15, 0.2) is 18.2 Å². The van der Waals surface area contributed by atoms with Gasteiger partial charge in [0.25, 0.3) is 5.91 Å². The molecule has 3 aliphatic heterocycles. The van der Waals surface area contributed by atoms with Gasteiger partial charge in [-0.2, -0.15) is 0 Å². The van der Waals surface area contributed by atoms with E-state index in [1.165, 1.54) is 0 Å². The first-order valence-corrected chi connectivity index (χ1v) is 9.75. The van der Waals surface area contributed by atoms with Crippen molar-refractivity contribution in [2.75, 3.05) is 26.7 Å². The number of carbonyl (C=O) groups excluding carboxylic acids is 3. The number of nitrogens with zero attached hydrogens (tertiary/aromatic N) is 1. The van der Waals surface area contributed by atoms with Gasteiger partial charge in [0.2, 0.25) is 11.8 Å². The maximum Gasteiger partial charge on any atom is 0.255 e. The zero-order valence-electron chi connectivity index (χ0n) is 16.0. The first-order chi connectivity index (χ1) is 13.5. The van der Waals surface area contributed by atoms with Gasteiger partial charge in [-0.15, -0.1) is 0 Å². The fourth-order valence-corrected chi connectivity index (χ4v) is 4.36. The van der Waals surface area contributed by atoms with Gasteiger partial charge in [0.15, 0.2) is 0 Å². The molecule has 0 saturated carbocycles. The van der Waals surface area contributed by atoms with Gasteiger partial charge < -0.3 is 20.3 Å². The van der Waals surface area contributed by atoms with Gasteiger partial charge in [0.1, 0.15) is 6.04 Å². The number of piperidine rings is 1. The molecule has 2 atom stereocenters. The van der Waals surface area contributed by atoms with Crippen LogP contribution >= 0.6 is 0 Å². The number of hydrogen-bond acceptors (Lipinski definition) is 6. The van der Waals surface area contributed by atoms with Crippen molar-refractivity contribution in [3.05, 3.63) is 34.9 Å². The van der Waals surface area contributed by atoms with Crippen molar-refractivity contribution in [3.8, 4) is 0 Å². The van der Waals surface area contributed by atoms with Crippen molar-refractivity contribution in [1.82, 2.24) is 20.9 Å². The molecule has 1 aromatic carbocycles. The van der Waals surface area contributed by atoms with E-state index in [-0.39, 0.29) is 29.7 Å². The third-order valence-electron chi connectivity index (χ3n) is 6.08. The number of ether oxygens (including phenoxy) is 1. The molecule has 8 nitrogen and oxygen atoms in total. The van der Waals surface area contributed by atoms with Gasteiger partial charge in [-0.25, -0.2) is 0 Å². The minimum absolute atomic E-state index is 0.139. The fourth-order valence-electron chi connectivity index (χ4n) is 4.36. The van der Waals surface area contributed by atoms with Gasteiger partial charge >= 0.3 is 0 Å². The number of hydrogen-bond donors (Lipinski definition) is 3. The number of methoxy groups -OCH3 is 1. The second kappa shape index (κ2) is 7.62. The average Bonchev–Trinajstić information content (AvgIpc) is 3.28. The Hall–Kier alpha value is -2.29. The molecule has 2 fully saturated rings. The largest absolute Gasteiger partial charge is 0.376 e. The lowest BCUT2D eigenvalue weighted by molar-refractivity contribution is -0.136. The first kappa shape index (κ1) is 19.0. The minimum atomic E-state index is -0.584. The van der Waals surface area contributed by atoms with Gasteiger partial charge in [0, 0.05) is 45.3 Å². The molecule has 8 heteroatoms. The van der Waals surface area contributed by atoms with Crippen molar-refractivity contribution in [3.63, 3.8) is 0 Å². The molecule has 4 rings (SSSR count). The highest BCUT2D eigenvalue weighted by molar-refractivity contribution is 6.05. The van der Waals surface area contributed by atoms with E-state index in [4.69, 9.17) is 4.74 Å². The number of carbonyl (C=O) groups is 3. The van der Waals surface area contributed by atoms with E-state index < -0.39 is 6.04 Å². The van der Waals surface area contributed by atoms with Crippen molar-refractivity contribution in [2.24, 2.45) is 0 Å². The Morgan fingerprint density at radius 2 is 2.18 bits per heavy atom. The normalized spacial score (nSPS) is 27.2. The Kier molecular flexibility index (Phi) is 5.18. The van der Waals surface area contributed by atoms with Crippen molar-refractivity contribution in [1.29, 1.82) is 0 Å². The summed E-state index contributed by atoms with van der Waals surface area (Å²) in [6, 6.07) is 5.12. The van der Waals surface area contributed by atoms with Crippen LogP contribution in [0.3, 0.4) is 0 Å². The molecule has 3 aliphatic rings. The van der Waals surface area contributed by atoms with Crippen LogP contribution in [0.1, 0.15) is 40.7 Å². The molecular formula is C20H26N4O4. The molecule has 2 unspecified atom stereocenters. The summed E-state index contributed by atoms with van der Waals surface area (Å²) in [5.74, 6) is -0.795. The zero-order valence-corrected chi connectivity index (χ0v) is 16.0. The van der Waals surface area contributed by atoms with Crippen LogP contribution < -0.4 is 16.0 Å². The minimum Gasteiger partial charge on any atom is -0.376 e. The topological polar surface area (TPSA) is 99.8 Å². The van der Waals surface area contributed by atoms with Gasteiger partial charge in [-0.1, -0.05) is 12.1 Å². The summed E-state index contributed by atoms with van der Waals surface area (Å²) in [6.07, 6.45) is 1.60. The summed E-state index contributed by atoms with van der Waals surface area (Å²) in [5.41, 5.74) is 2.47. The summed E-state index contributed by atoms with van der Waals surface area (Å²) in [4.78, 5) is 38.1. The van der Waals surface area contributed by atoms with Gasteiger partial charge in [-0.3, -0.25) is 19.7 Å². The van der Waals surface area contributed by atoms with Crippen LogP contribution in [0.4, 0.5) is 0 Å². The second-order valence-electron chi connectivity index (χ2n) is 7.76. The van der Waals surface area contributed by atoms with E-state index in [2.05, 4.69) is 16.0 Å². The smallest absolute Gasteiger partial charge is 0.255 e. The van der Waals surface area contributed by atoms with E-state index in [0.29, 0.717) is 25.1 Å². The molecule has 3 N–H and O–H groups in total. The van der Waals surface area contributed by atoms with Crippen LogP contribution in [-0.4, -0.2) is 61.0 Å². The number of rotatable bonds is 6. The summed E-state index contributed by atoms with van der Waals surface area (Å²) in [6.45, 7) is 3.53. The highest BCUT2D eigenvalue weighted by Crippen LogP contribution is 2.30. The second-order valence-corrected chi connectivity index (χ2v) is 7.76. The molecule has 1 aromatic rings. The fraction of sp³-hybridized carbons (Fsp3) is 0.550. The van der Waals surface area contributed by atoms with E-state index in [0.717, 1.165) is 37.2 Å². The highest BCUT2D eigenvalue weighted by atomic mass is 16.5. The summed E-state index contributed by atoms with van der Waals surface area (Å²) < 4.78 is 5.70. The lowest BCUT2D eigenvalue weighted by Gasteiger charge is -2.29. The standard InChI is InChI=1S/C20H26N4O4/c1-28-20(7-8-21-11-20)12-22-9-13-3-2-4-14-15(13)10-24(19(14)27)16-5-6-17(25)23-18(16)26/h2-4,16,21-22H,5-12H2,1H3,(H,23,25,26). The third kappa shape index (κ3) is 3.43. The predicted molar refractivity (Wildman–Crippen MR) is 101 cm³/mol. The Morgan fingerprint density at radius 1 is 1.32 bits per heavy atom. The molecule has 3 heterocycles. The van der Waals surface area contributed by atoms with Crippen molar-refractivity contribution in [2.45, 2.75) is 44.0 Å². The highest BCUT2D eigenvalue weighted by Gasteiger charge is 2.40. The number of nitrogens with one attached hydrogen (secondary N) is 3. The van der Waals surface area contributed by atoms with E-state index in [1.54, 1.807) is 12.0 Å². The van der Waals surface area contributed by atoms with Crippen molar-refractivity contribution >= 4 is 17.7 Å². The third-order valence-corrected chi connectivity index (χ3v) is 6.08. The Balaban J connectivity index is 1.45. The molecule has 0 aromatic heterocycles. The van der Waals surface area contributed by atoms with Crippen LogP contribution in [-0.2, 0) is 27.4 Å².